The van der Waals surface area contributed by atoms with E-state index >= 15 is 0 Å². The van der Waals surface area contributed by atoms with Crippen LogP contribution in [0.2, 0.25) is 0 Å². The fraction of sp³-hybridized carbons (Fsp3) is 0.471. The smallest absolute Gasteiger partial charge is 0.131 e. The molecule has 1 aromatic heterocycles. The van der Waals surface area contributed by atoms with Crippen molar-refractivity contribution >= 4 is 16.7 Å². The molecule has 0 aliphatic heterocycles. The van der Waals surface area contributed by atoms with Crippen molar-refractivity contribution in [2.75, 3.05) is 26.1 Å². The minimum atomic E-state index is 0.761. The maximum Gasteiger partial charge on any atom is 0.131 e. The highest BCUT2D eigenvalue weighted by Crippen LogP contribution is 2.33. The Kier molecular flexibility index (Phi) is 5.26. The van der Waals surface area contributed by atoms with Crippen LogP contribution in [0.4, 0.5) is 5.82 Å². The molecule has 1 aromatic carbocycles. The van der Waals surface area contributed by atoms with E-state index in [-0.39, 0.29) is 0 Å². The average Bonchev–Trinajstić information content (AvgIpc) is 2.52. The van der Waals surface area contributed by atoms with Gasteiger partial charge in [-0.15, -0.1) is 0 Å². The Labute approximate surface area is 126 Å². The van der Waals surface area contributed by atoms with Crippen LogP contribution in [-0.2, 0) is 6.42 Å². The molecule has 2 rings (SSSR count). The summed E-state index contributed by atoms with van der Waals surface area (Å²) in [6.07, 6.45) is 3.17. The molecule has 0 saturated heterocycles. The average molecular weight is 288 g/mol. The monoisotopic (exact) mass is 288 g/mol. The van der Waals surface area contributed by atoms with Crippen molar-refractivity contribution in [2.45, 2.75) is 33.1 Å². The fourth-order valence-electron chi connectivity index (χ4n) is 2.40. The number of nitrogens with zero attached hydrogens (tertiary/aromatic N) is 1. The molecule has 0 unspecified atom stereocenters. The lowest BCUT2D eigenvalue weighted by Gasteiger charge is -2.14. The molecule has 4 nitrogen and oxygen atoms in total. The minimum Gasteiger partial charge on any atom is -0.497 e. The molecular weight excluding hydrogens is 264 g/mol. The molecule has 0 saturated carbocycles. The Hall–Kier alpha value is -1.97. The van der Waals surface area contributed by atoms with Gasteiger partial charge in [0.2, 0.25) is 0 Å². The van der Waals surface area contributed by atoms with E-state index < -0.39 is 0 Å². The van der Waals surface area contributed by atoms with E-state index in [2.05, 4.69) is 25.2 Å². The molecule has 0 aliphatic rings. The summed E-state index contributed by atoms with van der Waals surface area (Å²) in [6, 6.07) is 6.03. The third kappa shape index (κ3) is 3.38. The van der Waals surface area contributed by atoms with Crippen LogP contribution in [-0.4, -0.2) is 25.7 Å². The number of aryl methyl sites for hydroxylation is 1. The summed E-state index contributed by atoms with van der Waals surface area (Å²) in [5.74, 6) is 2.54. The van der Waals surface area contributed by atoms with Gasteiger partial charge < -0.3 is 14.8 Å². The first-order chi connectivity index (χ1) is 10.2. The molecule has 4 heteroatoms. The van der Waals surface area contributed by atoms with Crippen LogP contribution in [0, 0.1) is 0 Å². The third-order valence-corrected chi connectivity index (χ3v) is 3.47. The van der Waals surface area contributed by atoms with Crippen molar-refractivity contribution in [3.8, 4) is 11.5 Å². The Balaban J connectivity index is 2.58. The lowest BCUT2D eigenvalue weighted by atomic mass is 10.1. The predicted molar refractivity (Wildman–Crippen MR) is 87.6 cm³/mol. The number of anilines is 1. The molecule has 21 heavy (non-hydrogen) atoms. The van der Waals surface area contributed by atoms with Crippen molar-refractivity contribution in [2.24, 2.45) is 0 Å². The van der Waals surface area contributed by atoms with Gasteiger partial charge >= 0.3 is 0 Å². The summed E-state index contributed by atoms with van der Waals surface area (Å²) >= 11 is 0. The topological polar surface area (TPSA) is 43.4 Å². The molecule has 0 bridgehead atoms. The Morgan fingerprint density at radius 1 is 1.05 bits per heavy atom. The van der Waals surface area contributed by atoms with Gasteiger partial charge in [-0.1, -0.05) is 20.3 Å². The number of hydrogen-bond donors (Lipinski definition) is 1. The van der Waals surface area contributed by atoms with Crippen molar-refractivity contribution in [1.29, 1.82) is 0 Å². The third-order valence-electron chi connectivity index (χ3n) is 3.47. The van der Waals surface area contributed by atoms with E-state index in [1.54, 1.807) is 14.2 Å². The second-order valence-corrected chi connectivity index (χ2v) is 5.07. The van der Waals surface area contributed by atoms with Crippen LogP contribution in [0.1, 0.15) is 32.3 Å². The molecular formula is C17H24N2O2. The van der Waals surface area contributed by atoms with Crippen LogP contribution in [0.3, 0.4) is 0 Å². The molecule has 0 aliphatic carbocycles. The zero-order chi connectivity index (χ0) is 15.2. The number of methoxy groups -OCH3 is 2. The van der Waals surface area contributed by atoms with Gasteiger partial charge in [-0.3, -0.25) is 0 Å². The molecule has 1 N–H and O–H groups in total. The van der Waals surface area contributed by atoms with Crippen LogP contribution in [0.15, 0.2) is 18.2 Å². The normalized spacial score (nSPS) is 10.7. The standard InChI is InChI=1S/C17H24N2O2/c1-5-7-12-9-14-15(19-17(12)18-8-6-2)10-13(20-3)11-16(14)21-4/h9-11H,5-8H2,1-4H3,(H,18,19). The summed E-state index contributed by atoms with van der Waals surface area (Å²) in [5.41, 5.74) is 2.13. The number of pyridine rings is 1. The summed E-state index contributed by atoms with van der Waals surface area (Å²) in [4.78, 5) is 4.78. The van der Waals surface area contributed by atoms with Gasteiger partial charge in [-0.2, -0.15) is 0 Å². The second kappa shape index (κ2) is 7.16. The first kappa shape index (κ1) is 15.4. The summed E-state index contributed by atoms with van der Waals surface area (Å²) in [7, 11) is 3.33. The van der Waals surface area contributed by atoms with Crippen LogP contribution >= 0.6 is 0 Å². The molecule has 0 atom stereocenters. The number of aromatic nitrogens is 1. The quantitative estimate of drug-likeness (QED) is 0.835. The number of ether oxygens (including phenoxy) is 2. The first-order valence-electron chi connectivity index (χ1n) is 7.53. The highest BCUT2D eigenvalue weighted by Gasteiger charge is 2.11. The zero-order valence-corrected chi connectivity index (χ0v) is 13.3. The minimum absolute atomic E-state index is 0.761. The maximum atomic E-state index is 5.48. The number of rotatable bonds is 7. The largest absolute Gasteiger partial charge is 0.497 e. The molecule has 2 aromatic rings. The van der Waals surface area contributed by atoms with Gasteiger partial charge in [-0.05, 0) is 24.5 Å². The molecule has 0 radical (unpaired) electrons. The Morgan fingerprint density at radius 3 is 2.48 bits per heavy atom. The molecule has 114 valence electrons. The van der Waals surface area contributed by atoms with Gasteiger partial charge in [0.05, 0.1) is 19.7 Å². The van der Waals surface area contributed by atoms with Crippen molar-refractivity contribution in [3.63, 3.8) is 0 Å². The molecule has 0 spiro atoms. The predicted octanol–water partition coefficient (Wildman–Crippen LogP) is 4.03. The number of hydrogen-bond acceptors (Lipinski definition) is 4. The maximum absolute atomic E-state index is 5.48. The Morgan fingerprint density at radius 2 is 1.86 bits per heavy atom. The van der Waals surface area contributed by atoms with E-state index in [9.17, 15) is 0 Å². The van der Waals surface area contributed by atoms with Gasteiger partial charge in [-0.25, -0.2) is 4.98 Å². The van der Waals surface area contributed by atoms with E-state index in [0.29, 0.717) is 0 Å². The van der Waals surface area contributed by atoms with Crippen LogP contribution < -0.4 is 14.8 Å². The van der Waals surface area contributed by atoms with Crippen molar-refractivity contribution in [1.82, 2.24) is 4.98 Å². The fourth-order valence-corrected chi connectivity index (χ4v) is 2.40. The lowest BCUT2D eigenvalue weighted by molar-refractivity contribution is 0.398. The van der Waals surface area contributed by atoms with Gasteiger partial charge in [0.25, 0.3) is 0 Å². The van der Waals surface area contributed by atoms with Crippen LogP contribution in [0.25, 0.3) is 10.9 Å². The highest BCUT2D eigenvalue weighted by atomic mass is 16.5. The van der Waals surface area contributed by atoms with Gasteiger partial charge in [0, 0.05) is 24.1 Å². The SMILES string of the molecule is CCCNc1nc2cc(OC)cc(OC)c2cc1CCC. The van der Waals surface area contributed by atoms with Gasteiger partial charge in [0.1, 0.15) is 17.3 Å². The second-order valence-electron chi connectivity index (χ2n) is 5.07. The first-order valence-corrected chi connectivity index (χ1v) is 7.53. The van der Waals surface area contributed by atoms with E-state index in [1.165, 1.54) is 5.56 Å². The molecule has 1 heterocycles. The molecule has 0 fully saturated rings. The lowest BCUT2D eigenvalue weighted by Crippen LogP contribution is -2.06. The summed E-state index contributed by atoms with van der Waals surface area (Å²) < 4.78 is 10.8. The summed E-state index contributed by atoms with van der Waals surface area (Å²) in [6.45, 7) is 5.26. The molecule has 0 amide bonds. The number of fused-ring (bicyclic) bond motifs is 1. The van der Waals surface area contributed by atoms with E-state index in [4.69, 9.17) is 14.5 Å². The van der Waals surface area contributed by atoms with Crippen molar-refractivity contribution < 1.29 is 9.47 Å². The number of nitrogens with one attached hydrogen (secondary N) is 1. The van der Waals surface area contributed by atoms with Crippen molar-refractivity contribution in [3.05, 3.63) is 23.8 Å². The Bertz CT molecular complexity index is 611. The van der Waals surface area contributed by atoms with Crippen LogP contribution in [0.5, 0.6) is 11.5 Å². The number of benzene rings is 1. The van der Waals surface area contributed by atoms with Gasteiger partial charge in [0.15, 0.2) is 0 Å². The summed E-state index contributed by atoms with van der Waals surface area (Å²) in [5, 5.41) is 4.45. The zero-order valence-electron chi connectivity index (χ0n) is 13.3. The van der Waals surface area contributed by atoms with E-state index in [1.807, 2.05) is 12.1 Å². The van der Waals surface area contributed by atoms with E-state index in [0.717, 1.165) is 54.0 Å². The highest BCUT2D eigenvalue weighted by molar-refractivity contribution is 5.89.